The van der Waals surface area contributed by atoms with Gasteiger partial charge in [-0.2, -0.15) is 0 Å². The van der Waals surface area contributed by atoms with Crippen molar-refractivity contribution in [2.24, 2.45) is 0 Å². The van der Waals surface area contributed by atoms with Crippen molar-refractivity contribution < 1.29 is 17.7 Å². The first-order valence-electron chi connectivity index (χ1n) is 6.44. The van der Waals surface area contributed by atoms with E-state index in [0.29, 0.717) is 19.8 Å². The molecule has 1 aliphatic rings. The Balaban J connectivity index is 2.68. The van der Waals surface area contributed by atoms with Crippen LogP contribution in [0, 0.1) is 0 Å². The van der Waals surface area contributed by atoms with Crippen molar-refractivity contribution in [2.45, 2.75) is 46.1 Å². The molecule has 0 N–H and O–H groups in total. The molecule has 17 heavy (non-hydrogen) atoms. The van der Waals surface area contributed by atoms with Crippen LogP contribution < -0.4 is 0 Å². The lowest BCUT2D eigenvalue weighted by atomic mass is 10.2. The van der Waals surface area contributed by atoms with Crippen molar-refractivity contribution >= 4 is 9.05 Å². The summed E-state index contributed by atoms with van der Waals surface area (Å²) in [5, 5.41) is 0. The minimum Gasteiger partial charge on any atom is -0.351 e. The van der Waals surface area contributed by atoms with E-state index in [2.05, 4.69) is 6.58 Å². The van der Waals surface area contributed by atoms with Gasteiger partial charge in [-0.3, -0.25) is 0 Å². The minimum atomic E-state index is -2.96. The monoisotopic (exact) mass is 260 g/mol. The maximum atomic E-state index is 6.01. The van der Waals surface area contributed by atoms with Crippen molar-refractivity contribution in [2.75, 3.05) is 19.8 Å². The standard InChI is InChI=1S/C12H24O4Si/c1-5-13-17(14-6-2,15-7-3)16-12-10-8-9-11(12)4/h12H,4-10H2,1-3H3/t12-/m1/s1. The molecule has 0 heterocycles. The van der Waals surface area contributed by atoms with Gasteiger partial charge in [0.15, 0.2) is 0 Å². The summed E-state index contributed by atoms with van der Waals surface area (Å²) >= 11 is 0. The zero-order valence-electron chi connectivity index (χ0n) is 11.2. The van der Waals surface area contributed by atoms with E-state index >= 15 is 0 Å². The second kappa shape index (κ2) is 7.28. The predicted molar refractivity (Wildman–Crippen MR) is 68.5 cm³/mol. The average Bonchev–Trinajstić information content (AvgIpc) is 2.65. The Morgan fingerprint density at radius 3 is 2.00 bits per heavy atom. The molecule has 1 atom stereocenters. The molecule has 0 aromatic rings. The van der Waals surface area contributed by atoms with Crippen LogP contribution in [0.3, 0.4) is 0 Å². The van der Waals surface area contributed by atoms with E-state index in [1.54, 1.807) is 0 Å². The van der Waals surface area contributed by atoms with E-state index in [1.807, 2.05) is 20.8 Å². The highest BCUT2D eigenvalue weighted by Gasteiger charge is 2.47. The lowest BCUT2D eigenvalue weighted by molar-refractivity contribution is -0.0415. The maximum absolute atomic E-state index is 6.01. The normalized spacial score (nSPS) is 21.1. The molecule has 1 rings (SSSR count). The van der Waals surface area contributed by atoms with Gasteiger partial charge in [-0.25, -0.2) is 0 Å². The summed E-state index contributed by atoms with van der Waals surface area (Å²) in [7, 11) is -2.96. The van der Waals surface area contributed by atoms with E-state index in [0.717, 1.165) is 24.8 Å². The second-order valence-electron chi connectivity index (χ2n) is 3.96. The zero-order valence-corrected chi connectivity index (χ0v) is 12.2. The van der Waals surface area contributed by atoms with E-state index < -0.39 is 9.05 Å². The van der Waals surface area contributed by atoms with Gasteiger partial charge < -0.3 is 17.7 Å². The van der Waals surface area contributed by atoms with Gasteiger partial charge in [0.2, 0.25) is 0 Å². The van der Waals surface area contributed by atoms with Gasteiger partial charge in [0, 0.05) is 19.8 Å². The van der Waals surface area contributed by atoms with Gasteiger partial charge >= 0.3 is 9.05 Å². The van der Waals surface area contributed by atoms with Crippen LogP contribution in [0.5, 0.6) is 0 Å². The van der Waals surface area contributed by atoms with Crippen molar-refractivity contribution in [3.05, 3.63) is 12.2 Å². The molecule has 1 fully saturated rings. The molecule has 1 aliphatic carbocycles. The molecule has 0 aliphatic heterocycles. The first kappa shape index (κ1) is 14.9. The first-order chi connectivity index (χ1) is 8.17. The van der Waals surface area contributed by atoms with Crippen LogP contribution in [0.1, 0.15) is 40.0 Å². The van der Waals surface area contributed by atoms with Crippen molar-refractivity contribution in [1.82, 2.24) is 0 Å². The molecular weight excluding hydrogens is 236 g/mol. The molecule has 4 nitrogen and oxygen atoms in total. The maximum Gasteiger partial charge on any atom is 0.680 e. The molecule has 0 aromatic heterocycles. The largest absolute Gasteiger partial charge is 0.680 e. The Labute approximate surface area is 105 Å². The summed E-state index contributed by atoms with van der Waals surface area (Å²) in [6.45, 7) is 11.4. The van der Waals surface area contributed by atoms with E-state index in [9.17, 15) is 0 Å². The van der Waals surface area contributed by atoms with Gasteiger partial charge in [-0.05, 0) is 45.6 Å². The quantitative estimate of drug-likeness (QED) is 0.496. The topological polar surface area (TPSA) is 36.9 Å². The van der Waals surface area contributed by atoms with Gasteiger partial charge in [0.25, 0.3) is 0 Å². The molecule has 0 spiro atoms. The highest BCUT2D eigenvalue weighted by molar-refractivity contribution is 6.53. The molecule has 0 saturated heterocycles. The molecule has 0 unspecified atom stereocenters. The molecule has 0 bridgehead atoms. The molecule has 1 saturated carbocycles. The SMILES string of the molecule is C=C1CCC[C@H]1O[Si](OCC)(OCC)OCC. The summed E-state index contributed by atoms with van der Waals surface area (Å²) in [5.41, 5.74) is 1.13. The molecule has 5 heteroatoms. The minimum absolute atomic E-state index is 0.0336. The van der Waals surface area contributed by atoms with E-state index in [4.69, 9.17) is 17.7 Å². The van der Waals surface area contributed by atoms with Crippen molar-refractivity contribution in [1.29, 1.82) is 0 Å². The Morgan fingerprint density at radius 1 is 1.12 bits per heavy atom. The first-order valence-corrected chi connectivity index (χ1v) is 8.08. The van der Waals surface area contributed by atoms with Crippen molar-refractivity contribution in [3.8, 4) is 0 Å². The van der Waals surface area contributed by atoms with Gasteiger partial charge in [0.1, 0.15) is 0 Å². The average molecular weight is 260 g/mol. The third-order valence-electron chi connectivity index (χ3n) is 2.67. The highest BCUT2D eigenvalue weighted by Crippen LogP contribution is 2.29. The van der Waals surface area contributed by atoms with E-state index in [1.165, 1.54) is 0 Å². The predicted octanol–water partition coefficient (Wildman–Crippen LogP) is 2.66. The second-order valence-corrected chi connectivity index (χ2v) is 6.06. The van der Waals surface area contributed by atoms with Crippen LogP contribution >= 0.6 is 0 Å². The van der Waals surface area contributed by atoms with Crippen LogP contribution in [0.15, 0.2) is 12.2 Å². The molecule has 0 aromatic carbocycles. The van der Waals surface area contributed by atoms with Crippen molar-refractivity contribution in [3.63, 3.8) is 0 Å². The van der Waals surface area contributed by atoms with Crippen LogP contribution in [0.25, 0.3) is 0 Å². The summed E-state index contributed by atoms with van der Waals surface area (Å²) < 4.78 is 23.0. The molecule has 100 valence electrons. The molecular formula is C12H24O4Si. The summed E-state index contributed by atoms with van der Waals surface area (Å²) in [6.07, 6.45) is 3.17. The fraction of sp³-hybridized carbons (Fsp3) is 0.833. The Hall–Kier alpha value is -0.203. The Morgan fingerprint density at radius 2 is 1.65 bits per heavy atom. The molecule has 0 radical (unpaired) electrons. The molecule has 0 amide bonds. The number of rotatable bonds is 8. The number of hydrogen-bond donors (Lipinski definition) is 0. The lowest BCUT2D eigenvalue weighted by Gasteiger charge is -2.29. The summed E-state index contributed by atoms with van der Waals surface area (Å²) in [6, 6.07) is 0. The van der Waals surface area contributed by atoms with Crippen LogP contribution in [-0.4, -0.2) is 35.0 Å². The number of hydrogen-bond acceptors (Lipinski definition) is 4. The van der Waals surface area contributed by atoms with Gasteiger partial charge in [-0.15, -0.1) is 0 Å². The van der Waals surface area contributed by atoms with Crippen LogP contribution in [0.2, 0.25) is 0 Å². The third-order valence-corrected chi connectivity index (χ3v) is 5.17. The Kier molecular flexibility index (Phi) is 6.36. The van der Waals surface area contributed by atoms with Gasteiger partial charge in [-0.1, -0.05) is 6.58 Å². The third kappa shape index (κ3) is 4.19. The smallest absolute Gasteiger partial charge is 0.351 e. The Bertz CT molecular complexity index is 228. The highest BCUT2D eigenvalue weighted by atomic mass is 28.4. The fourth-order valence-electron chi connectivity index (χ4n) is 1.95. The zero-order chi connectivity index (χ0) is 12.7. The van der Waals surface area contributed by atoms with Gasteiger partial charge in [0.05, 0.1) is 6.10 Å². The fourth-order valence-corrected chi connectivity index (χ4v) is 4.10. The van der Waals surface area contributed by atoms with Crippen LogP contribution in [0.4, 0.5) is 0 Å². The van der Waals surface area contributed by atoms with E-state index in [-0.39, 0.29) is 6.10 Å². The lowest BCUT2D eigenvalue weighted by Crippen LogP contribution is -2.51. The van der Waals surface area contributed by atoms with Crippen LogP contribution in [-0.2, 0) is 17.7 Å². The summed E-state index contributed by atoms with van der Waals surface area (Å²) in [5.74, 6) is 0. The summed E-state index contributed by atoms with van der Waals surface area (Å²) in [4.78, 5) is 0.